The molecular weight excluding hydrogens is 222 g/mol. The summed E-state index contributed by atoms with van der Waals surface area (Å²) < 4.78 is 5.73. The predicted octanol–water partition coefficient (Wildman–Crippen LogP) is 3.22. The highest BCUT2D eigenvalue weighted by atomic mass is 35.5. The van der Waals surface area contributed by atoms with Gasteiger partial charge in [0.05, 0.1) is 5.69 Å². The van der Waals surface area contributed by atoms with Gasteiger partial charge in [-0.15, -0.1) is 0 Å². The third-order valence-electron chi connectivity index (χ3n) is 2.75. The van der Waals surface area contributed by atoms with E-state index in [1.165, 1.54) is 0 Å². The molecule has 0 aliphatic carbocycles. The summed E-state index contributed by atoms with van der Waals surface area (Å²) in [5.41, 5.74) is 3.38. The van der Waals surface area contributed by atoms with E-state index in [1.807, 2.05) is 30.5 Å². The quantitative estimate of drug-likeness (QED) is 0.695. The molecular formula is C13H10ClNO. The maximum absolute atomic E-state index is 5.95. The van der Waals surface area contributed by atoms with E-state index in [0.717, 1.165) is 29.0 Å². The number of hydrogen-bond acceptors (Lipinski definition) is 2. The molecule has 16 heavy (non-hydrogen) atoms. The van der Waals surface area contributed by atoms with Gasteiger partial charge in [-0.25, -0.2) is 0 Å². The van der Waals surface area contributed by atoms with Gasteiger partial charge in [-0.3, -0.25) is 4.98 Å². The average molecular weight is 232 g/mol. The molecule has 80 valence electrons. The molecule has 0 radical (unpaired) electrons. The second kappa shape index (κ2) is 3.80. The predicted molar refractivity (Wildman–Crippen MR) is 62.8 cm³/mol. The van der Waals surface area contributed by atoms with E-state index >= 15 is 0 Å². The minimum Gasteiger partial charge on any atom is -0.488 e. The van der Waals surface area contributed by atoms with E-state index < -0.39 is 0 Å². The molecule has 1 aliphatic rings. The Balaban J connectivity index is 2.08. The summed E-state index contributed by atoms with van der Waals surface area (Å²) in [5, 5.41) is 0.706. The summed E-state index contributed by atoms with van der Waals surface area (Å²) in [6, 6.07) is 9.74. The molecule has 3 rings (SSSR count). The first kappa shape index (κ1) is 9.67. The van der Waals surface area contributed by atoms with E-state index in [0.29, 0.717) is 11.6 Å². The van der Waals surface area contributed by atoms with Gasteiger partial charge in [0.15, 0.2) is 0 Å². The Kier molecular flexibility index (Phi) is 2.29. The van der Waals surface area contributed by atoms with Crippen LogP contribution in [-0.2, 0) is 13.0 Å². The van der Waals surface area contributed by atoms with E-state index in [1.54, 1.807) is 0 Å². The molecule has 2 nitrogen and oxygen atoms in total. The number of rotatable bonds is 0. The number of halogens is 1. The first-order valence-corrected chi connectivity index (χ1v) is 5.55. The fourth-order valence-electron chi connectivity index (χ4n) is 1.91. The minimum atomic E-state index is 0.566. The molecule has 3 heteroatoms. The standard InChI is InChI=1S/C13H10ClNO/c14-11-4-3-9-6-12-10(2-1-5-15-12)8-16-13(9)7-11/h1-5,7H,6,8H2. The van der Waals surface area contributed by atoms with E-state index in [4.69, 9.17) is 16.3 Å². The highest BCUT2D eigenvalue weighted by molar-refractivity contribution is 6.30. The molecule has 0 amide bonds. The first-order valence-electron chi connectivity index (χ1n) is 5.17. The van der Waals surface area contributed by atoms with Crippen LogP contribution in [0.25, 0.3) is 0 Å². The summed E-state index contributed by atoms with van der Waals surface area (Å²) >= 11 is 5.95. The summed E-state index contributed by atoms with van der Waals surface area (Å²) in [5.74, 6) is 0.866. The van der Waals surface area contributed by atoms with Gasteiger partial charge in [-0.05, 0) is 18.2 Å². The van der Waals surface area contributed by atoms with Crippen LogP contribution in [0.2, 0.25) is 5.02 Å². The fraction of sp³-hybridized carbons (Fsp3) is 0.154. The Bertz CT molecular complexity index is 539. The molecule has 1 aromatic carbocycles. The summed E-state index contributed by atoms with van der Waals surface area (Å²) in [6.07, 6.45) is 2.63. The molecule has 0 unspecified atom stereocenters. The van der Waals surface area contributed by atoms with Gasteiger partial charge in [0.1, 0.15) is 12.4 Å². The van der Waals surface area contributed by atoms with Gasteiger partial charge in [0.2, 0.25) is 0 Å². The summed E-state index contributed by atoms with van der Waals surface area (Å²) in [7, 11) is 0. The van der Waals surface area contributed by atoms with Crippen LogP contribution in [0.3, 0.4) is 0 Å². The van der Waals surface area contributed by atoms with Crippen LogP contribution in [0.15, 0.2) is 36.5 Å². The highest BCUT2D eigenvalue weighted by Gasteiger charge is 2.14. The van der Waals surface area contributed by atoms with E-state index in [-0.39, 0.29) is 0 Å². The maximum atomic E-state index is 5.95. The Hall–Kier alpha value is -1.54. The van der Waals surface area contributed by atoms with Crippen molar-refractivity contribution < 1.29 is 4.74 Å². The average Bonchev–Trinajstić information content (AvgIpc) is 2.48. The second-order valence-corrected chi connectivity index (χ2v) is 4.26. The summed E-state index contributed by atoms with van der Waals surface area (Å²) in [6.45, 7) is 0.566. The lowest BCUT2D eigenvalue weighted by molar-refractivity contribution is 0.306. The van der Waals surface area contributed by atoms with E-state index in [9.17, 15) is 0 Å². The topological polar surface area (TPSA) is 22.1 Å². The van der Waals surface area contributed by atoms with Crippen LogP contribution in [0.5, 0.6) is 5.75 Å². The van der Waals surface area contributed by atoms with Gasteiger partial charge in [-0.2, -0.15) is 0 Å². The number of ether oxygens (including phenoxy) is 1. The molecule has 0 atom stereocenters. The molecule has 0 fully saturated rings. The fourth-order valence-corrected chi connectivity index (χ4v) is 2.07. The van der Waals surface area contributed by atoms with Crippen molar-refractivity contribution in [3.63, 3.8) is 0 Å². The lowest BCUT2D eigenvalue weighted by Crippen LogP contribution is -1.97. The first-order chi connectivity index (χ1) is 7.83. The van der Waals surface area contributed by atoms with Gasteiger partial charge in [-0.1, -0.05) is 23.7 Å². The molecule has 1 aromatic heterocycles. The van der Waals surface area contributed by atoms with Crippen LogP contribution in [-0.4, -0.2) is 4.98 Å². The van der Waals surface area contributed by atoms with Gasteiger partial charge < -0.3 is 4.74 Å². The highest BCUT2D eigenvalue weighted by Crippen LogP contribution is 2.29. The van der Waals surface area contributed by atoms with Crippen LogP contribution in [0, 0.1) is 0 Å². The molecule has 0 bridgehead atoms. The van der Waals surface area contributed by atoms with Gasteiger partial charge >= 0.3 is 0 Å². The lowest BCUT2D eigenvalue weighted by Gasteiger charge is -2.06. The number of aromatic nitrogens is 1. The van der Waals surface area contributed by atoms with Crippen LogP contribution in [0.1, 0.15) is 16.8 Å². The monoisotopic (exact) mass is 231 g/mol. The van der Waals surface area contributed by atoms with Crippen LogP contribution >= 0.6 is 11.6 Å². The Labute approximate surface area is 98.8 Å². The van der Waals surface area contributed by atoms with Crippen molar-refractivity contribution in [3.05, 3.63) is 58.4 Å². The normalized spacial score (nSPS) is 13.3. The van der Waals surface area contributed by atoms with Crippen LogP contribution in [0.4, 0.5) is 0 Å². The third-order valence-corrected chi connectivity index (χ3v) is 2.99. The molecule has 0 N–H and O–H groups in total. The van der Waals surface area contributed by atoms with Crippen molar-refractivity contribution in [1.29, 1.82) is 0 Å². The number of hydrogen-bond donors (Lipinski definition) is 0. The maximum Gasteiger partial charge on any atom is 0.124 e. The number of nitrogens with zero attached hydrogens (tertiary/aromatic N) is 1. The van der Waals surface area contributed by atoms with Gasteiger partial charge in [0, 0.05) is 28.8 Å². The number of pyridine rings is 1. The van der Waals surface area contributed by atoms with Crippen molar-refractivity contribution >= 4 is 11.6 Å². The van der Waals surface area contributed by atoms with Crippen molar-refractivity contribution in [1.82, 2.24) is 4.98 Å². The van der Waals surface area contributed by atoms with Crippen molar-refractivity contribution in [2.24, 2.45) is 0 Å². The smallest absolute Gasteiger partial charge is 0.124 e. The lowest BCUT2D eigenvalue weighted by atomic mass is 10.1. The molecule has 2 aromatic rings. The largest absolute Gasteiger partial charge is 0.488 e. The number of fused-ring (bicyclic) bond motifs is 2. The molecule has 0 saturated heterocycles. The van der Waals surface area contributed by atoms with Crippen molar-refractivity contribution in [2.45, 2.75) is 13.0 Å². The molecule has 1 aliphatic heterocycles. The zero-order valence-corrected chi connectivity index (χ0v) is 9.37. The van der Waals surface area contributed by atoms with Gasteiger partial charge in [0.25, 0.3) is 0 Å². The molecule has 0 saturated carbocycles. The Morgan fingerprint density at radius 3 is 3.06 bits per heavy atom. The minimum absolute atomic E-state index is 0.566. The Morgan fingerprint density at radius 1 is 1.19 bits per heavy atom. The van der Waals surface area contributed by atoms with Crippen molar-refractivity contribution in [3.8, 4) is 5.75 Å². The second-order valence-electron chi connectivity index (χ2n) is 3.83. The van der Waals surface area contributed by atoms with E-state index in [2.05, 4.69) is 11.1 Å². The zero-order chi connectivity index (χ0) is 11.0. The Morgan fingerprint density at radius 2 is 2.12 bits per heavy atom. The van der Waals surface area contributed by atoms with Crippen molar-refractivity contribution in [2.75, 3.05) is 0 Å². The SMILES string of the molecule is Clc1ccc2c(c1)OCc1cccnc1C2. The zero-order valence-electron chi connectivity index (χ0n) is 8.61. The van der Waals surface area contributed by atoms with Crippen LogP contribution < -0.4 is 4.74 Å². The number of benzene rings is 1. The molecule has 2 heterocycles. The summed E-state index contributed by atoms with van der Waals surface area (Å²) in [4.78, 5) is 4.39. The molecule has 0 spiro atoms. The third kappa shape index (κ3) is 1.65.